The van der Waals surface area contributed by atoms with Gasteiger partial charge in [0.1, 0.15) is 23.8 Å². The highest BCUT2D eigenvalue weighted by Crippen LogP contribution is 2.34. The van der Waals surface area contributed by atoms with Crippen LogP contribution in [0.2, 0.25) is 0 Å². The van der Waals surface area contributed by atoms with E-state index >= 15 is 0 Å². The second kappa shape index (κ2) is 4.90. The van der Waals surface area contributed by atoms with Crippen LogP contribution in [0, 0.1) is 0 Å². The minimum Gasteiger partial charge on any atom is -0.394 e. The van der Waals surface area contributed by atoms with Gasteiger partial charge >= 0.3 is 0 Å². The molecule has 1 aliphatic rings. The van der Waals surface area contributed by atoms with Crippen molar-refractivity contribution in [1.29, 1.82) is 0 Å². The number of imidazole rings is 1. The Morgan fingerprint density at radius 3 is 2.75 bits per heavy atom. The van der Waals surface area contributed by atoms with Crippen LogP contribution in [0.1, 0.15) is 6.23 Å². The third-order valence-corrected chi connectivity index (χ3v) is 3.74. The van der Waals surface area contributed by atoms with Gasteiger partial charge in [-0.1, -0.05) is 0 Å². The van der Waals surface area contributed by atoms with Crippen molar-refractivity contribution in [2.24, 2.45) is 0 Å². The van der Waals surface area contributed by atoms with Crippen molar-refractivity contribution < 1.29 is 20.1 Å². The highest BCUT2D eigenvalue weighted by atomic mass is 79.9. The van der Waals surface area contributed by atoms with Crippen molar-refractivity contribution in [3.8, 4) is 0 Å². The molecule has 2 aromatic heterocycles. The maximum Gasteiger partial charge on any atom is 0.222 e. The lowest BCUT2D eigenvalue weighted by Crippen LogP contribution is -2.33. The Labute approximate surface area is 121 Å². The van der Waals surface area contributed by atoms with E-state index < -0.39 is 31.1 Å². The molecule has 108 valence electrons. The van der Waals surface area contributed by atoms with Crippen LogP contribution in [0.5, 0.6) is 0 Å². The van der Waals surface area contributed by atoms with Gasteiger partial charge in [-0.05, 0) is 15.9 Å². The van der Waals surface area contributed by atoms with Crippen LogP contribution in [0.25, 0.3) is 11.2 Å². The summed E-state index contributed by atoms with van der Waals surface area (Å²) in [5.74, 6) is 0.0536. The number of hydrogen-bond donors (Lipinski definition) is 4. The topological polar surface area (TPSA) is 140 Å². The lowest BCUT2D eigenvalue weighted by molar-refractivity contribution is -0.0521. The van der Waals surface area contributed by atoms with Gasteiger partial charge in [0.15, 0.2) is 16.6 Å². The largest absolute Gasteiger partial charge is 0.394 e. The molecule has 0 spiro atoms. The molecule has 0 amide bonds. The van der Waals surface area contributed by atoms with E-state index in [1.807, 2.05) is 0 Å². The molecule has 1 aliphatic heterocycles. The van der Waals surface area contributed by atoms with E-state index in [1.165, 1.54) is 10.8 Å². The molecular formula is C10H12BrN5O4. The van der Waals surface area contributed by atoms with E-state index in [4.69, 9.17) is 15.6 Å². The number of nitrogens with two attached hydrogens (primary N) is 1. The smallest absolute Gasteiger partial charge is 0.222 e. The van der Waals surface area contributed by atoms with Crippen LogP contribution in [0.3, 0.4) is 0 Å². The van der Waals surface area contributed by atoms with Crippen molar-refractivity contribution in [1.82, 2.24) is 19.5 Å². The molecule has 3 rings (SSSR count). The van der Waals surface area contributed by atoms with E-state index in [1.54, 1.807) is 0 Å². The van der Waals surface area contributed by atoms with Crippen molar-refractivity contribution in [2.75, 3.05) is 12.3 Å². The number of halogens is 1. The SMILES string of the molecule is Nc1ncc2nc(Br)n(C3OC(CO)C(O)C3O)c2n1. The molecule has 0 aliphatic carbocycles. The zero-order valence-corrected chi connectivity index (χ0v) is 11.7. The summed E-state index contributed by atoms with van der Waals surface area (Å²) in [5, 5.41) is 29.0. The first-order valence-electron chi connectivity index (χ1n) is 5.81. The standard InChI is InChI=1S/C10H12BrN5O4/c11-9-14-3-1-13-10(12)15-7(3)16(9)8-6(19)5(18)4(2-17)20-8/h1,4-6,8,17-19H,2H2,(H2,12,13,15). The predicted molar refractivity (Wildman–Crippen MR) is 70.4 cm³/mol. The molecule has 4 atom stereocenters. The molecule has 3 heterocycles. The number of rotatable bonds is 2. The summed E-state index contributed by atoms with van der Waals surface area (Å²) in [7, 11) is 0. The third-order valence-electron chi connectivity index (χ3n) is 3.18. The lowest BCUT2D eigenvalue weighted by atomic mass is 10.1. The number of ether oxygens (including phenoxy) is 1. The van der Waals surface area contributed by atoms with Gasteiger partial charge in [0, 0.05) is 0 Å². The first-order chi connectivity index (χ1) is 9.52. The number of fused-ring (bicyclic) bond motifs is 1. The molecule has 0 bridgehead atoms. The molecule has 9 nitrogen and oxygen atoms in total. The highest BCUT2D eigenvalue weighted by Gasteiger charge is 2.44. The fourth-order valence-electron chi connectivity index (χ4n) is 2.20. The predicted octanol–water partition coefficient (Wildman–Crippen LogP) is -1.22. The van der Waals surface area contributed by atoms with Crippen LogP contribution < -0.4 is 5.73 Å². The fourth-order valence-corrected chi connectivity index (χ4v) is 2.76. The molecule has 20 heavy (non-hydrogen) atoms. The zero-order chi connectivity index (χ0) is 14.4. The van der Waals surface area contributed by atoms with Crippen LogP contribution in [0.15, 0.2) is 10.9 Å². The number of hydrogen-bond acceptors (Lipinski definition) is 8. The molecule has 4 unspecified atom stereocenters. The normalized spacial score (nSPS) is 30.2. The molecule has 1 fully saturated rings. The Morgan fingerprint density at radius 2 is 2.10 bits per heavy atom. The minimum absolute atomic E-state index is 0.0536. The summed E-state index contributed by atoms with van der Waals surface area (Å²) < 4.78 is 7.25. The summed E-state index contributed by atoms with van der Waals surface area (Å²) in [6.45, 7) is -0.407. The highest BCUT2D eigenvalue weighted by molar-refractivity contribution is 9.10. The van der Waals surface area contributed by atoms with Gasteiger partial charge in [0.2, 0.25) is 5.95 Å². The number of anilines is 1. The van der Waals surface area contributed by atoms with E-state index in [0.29, 0.717) is 15.9 Å². The second-order valence-electron chi connectivity index (χ2n) is 4.42. The minimum atomic E-state index is -1.22. The number of nitrogens with zero attached hydrogens (tertiary/aromatic N) is 4. The van der Waals surface area contributed by atoms with Gasteiger partial charge in [-0.3, -0.25) is 4.57 Å². The monoisotopic (exact) mass is 345 g/mol. The molecule has 10 heteroatoms. The maximum atomic E-state index is 10.1. The van der Waals surface area contributed by atoms with Crippen LogP contribution in [0.4, 0.5) is 5.95 Å². The first kappa shape index (κ1) is 13.6. The molecule has 0 aromatic carbocycles. The van der Waals surface area contributed by atoms with E-state index in [-0.39, 0.29) is 5.95 Å². The summed E-state index contributed by atoms with van der Waals surface area (Å²) in [5.41, 5.74) is 6.37. The van der Waals surface area contributed by atoms with Crippen LogP contribution in [-0.2, 0) is 4.74 Å². The fraction of sp³-hybridized carbons (Fsp3) is 0.500. The first-order valence-corrected chi connectivity index (χ1v) is 6.60. The summed E-state index contributed by atoms with van der Waals surface area (Å²) in [6.07, 6.45) is -2.79. The molecular weight excluding hydrogens is 334 g/mol. The van der Waals surface area contributed by atoms with Gasteiger partial charge in [-0.25, -0.2) is 9.97 Å². The number of aliphatic hydroxyl groups is 3. The molecule has 1 saturated heterocycles. The van der Waals surface area contributed by atoms with Gasteiger partial charge < -0.3 is 25.8 Å². The molecule has 5 N–H and O–H groups in total. The maximum absolute atomic E-state index is 10.1. The van der Waals surface area contributed by atoms with Crippen molar-refractivity contribution in [2.45, 2.75) is 24.5 Å². The third kappa shape index (κ3) is 1.96. The zero-order valence-electron chi connectivity index (χ0n) is 10.1. The van der Waals surface area contributed by atoms with Crippen molar-refractivity contribution in [3.05, 3.63) is 10.9 Å². The Kier molecular flexibility index (Phi) is 3.34. The average molecular weight is 346 g/mol. The average Bonchev–Trinajstić information content (AvgIpc) is 2.88. The lowest BCUT2D eigenvalue weighted by Gasteiger charge is -2.17. The van der Waals surface area contributed by atoms with Gasteiger partial charge in [-0.15, -0.1) is 0 Å². The summed E-state index contributed by atoms with van der Waals surface area (Å²) in [4.78, 5) is 12.1. The van der Waals surface area contributed by atoms with E-state index in [0.717, 1.165) is 0 Å². The number of nitrogen functional groups attached to an aromatic ring is 1. The molecule has 0 radical (unpaired) electrons. The van der Waals surface area contributed by atoms with Crippen molar-refractivity contribution >= 4 is 33.0 Å². The van der Waals surface area contributed by atoms with Crippen LogP contribution >= 0.6 is 15.9 Å². The second-order valence-corrected chi connectivity index (χ2v) is 5.13. The van der Waals surface area contributed by atoms with Gasteiger partial charge in [0.05, 0.1) is 12.8 Å². The Bertz CT molecular complexity index is 650. The number of aromatic nitrogens is 4. The van der Waals surface area contributed by atoms with Gasteiger partial charge in [0.25, 0.3) is 0 Å². The molecule has 2 aromatic rings. The van der Waals surface area contributed by atoms with Crippen molar-refractivity contribution in [3.63, 3.8) is 0 Å². The summed E-state index contributed by atoms with van der Waals surface area (Å²) >= 11 is 3.24. The van der Waals surface area contributed by atoms with Crippen LogP contribution in [-0.4, -0.2) is 59.8 Å². The van der Waals surface area contributed by atoms with E-state index in [9.17, 15) is 10.2 Å². The van der Waals surface area contributed by atoms with Gasteiger partial charge in [-0.2, -0.15) is 4.98 Å². The Balaban J connectivity index is 2.10. The van der Waals surface area contributed by atoms with E-state index in [2.05, 4.69) is 30.9 Å². The molecule has 0 saturated carbocycles. The Hall–Kier alpha value is -1.33. The number of aliphatic hydroxyl groups excluding tert-OH is 3. The Morgan fingerprint density at radius 1 is 1.35 bits per heavy atom. The quantitative estimate of drug-likeness (QED) is 0.496. The summed E-state index contributed by atoms with van der Waals surface area (Å²) in [6, 6.07) is 0.